The normalized spacial score (nSPS) is 9.73. The number of ether oxygens (including phenoxy) is 2. The molecule has 0 bridgehead atoms. The van der Waals surface area contributed by atoms with E-state index < -0.39 is 6.67 Å². The molecule has 0 fully saturated rings. The number of aliphatic hydroxyl groups excluding tert-OH is 1. The zero-order valence-electron chi connectivity index (χ0n) is 12.0. The van der Waals surface area contributed by atoms with Crippen molar-refractivity contribution in [1.29, 1.82) is 0 Å². The van der Waals surface area contributed by atoms with Gasteiger partial charge in [-0.2, -0.15) is 0 Å². The molecule has 2 aromatic heterocycles. The molecule has 5 nitrogen and oxygen atoms in total. The third-order valence-corrected chi connectivity index (χ3v) is 3.35. The van der Waals surface area contributed by atoms with E-state index in [0.717, 1.165) is 8.95 Å². The number of halogens is 3. The number of nitrogens with zero attached hydrogens (tertiary/aromatic N) is 2. The number of aromatic nitrogens is 2. The summed E-state index contributed by atoms with van der Waals surface area (Å²) in [4.78, 5) is 7.80. The molecule has 8 heteroatoms. The lowest BCUT2D eigenvalue weighted by molar-refractivity contribution is 0.271. The second kappa shape index (κ2) is 9.70. The van der Waals surface area contributed by atoms with Gasteiger partial charge in [0.25, 0.3) is 0 Å². The van der Waals surface area contributed by atoms with Crippen LogP contribution in [0, 0.1) is 0 Å². The minimum Gasteiger partial charge on any atom is -0.481 e. The van der Waals surface area contributed by atoms with Crippen molar-refractivity contribution in [2.45, 2.75) is 13.3 Å². The Bertz CT molecular complexity index is 561. The quantitative estimate of drug-likeness (QED) is 0.790. The van der Waals surface area contributed by atoms with Crippen molar-refractivity contribution in [3.05, 3.63) is 44.6 Å². The van der Waals surface area contributed by atoms with E-state index in [1.54, 1.807) is 24.5 Å². The first kappa shape index (κ1) is 18.8. The van der Waals surface area contributed by atoms with Crippen LogP contribution in [0.5, 0.6) is 11.8 Å². The second-order valence-electron chi connectivity index (χ2n) is 3.94. The first-order chi connectivity index (χ1) is 10.5. The van der Waals surface area contributed by atoms with E-state index >= 15 is 0 Å². The van der Waals surface area contributed by atoms with Gasteiger partial charge in [0.2, 0.25) is 11.8 Å². The number of aliphatic hydroxyl groups is 1. The van der Waals surface area contributed by atoms with Gasteiger partial charge in [0.05, 0.1) is 20.8 Å². The largest absolute Gasteiger partial charge is 0.481 e. The van der Waals surface area contributed by atoms with Gasteiger partial charge in [-0.25, -0.2) is 14.4 Å². The van der Waals surface area contributed by atoms with Gasteiger partial charge in [-0.1, -0.05) is 0 Å². The summed E-state index contributed by atoms with van der Waals surface area (Å²) in [7, 11) is 2.99. The van der Waals surface area contributed by atoms with Gasteiger partial charge in [-0.15, -0.1) is 0 Å². The van der Waals surface area contributed by atoms with E-state index in [2.05, 4.69) is 41.8 Å². The SMILES string of the molecule is COc1ncc(Br)cc1CF.COc1ncc(Br)cc1CO. The van der Waals surface area contributed by atoms with Crippen molar-refractivity contribution in [2.75, 3.05) is 14.2 Å². The highest BCUT2D eigenvalue weighted by molar-refractivity contribution is 9.10. The third-order valence-electron chi connectivity index (χ3n) is 2.48. The first-order valence-corrected chi connectivity index (χ1v) is 7.67. The summed E-state index contributed by atoms with van der Waals surface area (Å²) in [6, 6.07) is 3.41. The van der Waals surface area contributed by atoms with Crippen molar-refractivity contribution in [1.82, 2.24) is 9.97 Å². The molecular formula is C14H15Br2FN2O3. The highest BCUT2D eigenvalue weighted by Gasteiger charge is 2.03. The average Bonchev–Trinajstić information content (AvgIpc) is 2.55. The molecule has 22 heavy (non-hydrogen) atoms. The van der Waals surface area contributed by atoms with Crippen LogP contribution in [0.1, 0.15) is 11.1 Å². The van der Waals surface area contributed by atoms with Gasteiger partial charge in [0.1, 0.15) is 6.67 Å². The molecular weight excluding hydrogens is 423 g/mol. The molecule has 120 valence electrons. The summed E-state index contributed by atoms with van der Waals surface area (Å²) in [5.41, 5.74) is 1.14. The predicted octanol–water partition coefficient (Wildman–Crippen LogP) is 3.67. The molecule has 0 aromatic carbocycles. The molecule has 0 saturated carbocycles. The van der Waals surface area contributed by atoms with Crippen LogP contribution in [-0.2, 0) is 13.3 Å². The minimum absolute atomic E-state index is 0.0599. The van der Waals surface area contributed by atoms with Crippen LogP contribution < -0.4 is 9.47 Å². The molecule has 0 aliphatic heterocycles. The van der Waals surface area contributed by atoms with Crippen LogP contribution in [0.15, 0.2) is 33.5 Å². The number of rotatable bonds is 4. The van der Waals surface area contributed by atoms with Crippen molar-refractivity contribution < 1.29 is 19.0 Å². The molecule has 2 rings (SSSR count). The van der Waals surface area contributed by atoms with Crippen molar-refractivity contribution in [3.63, 3.8) is 0 Å². The zero-order valence-corrected chi connectivity index (χ0v) is 15.2. The summed E-state index contributed by atoms with van der Waals surface area (Å²) in [6.07, 6.45) is 3.19. The summed E-state index contributed by atoms with van der Waals surface area (Å²) >= 11 is 6.42. The molecule has 0 radical (unpaired) electrons. The maximum atomic E-state index is 12.2. The fourth-order valence-corrected chi connectivity index (χ4v) is 2.27. The fraction of sp³-hybridized carbons (Fsp3) is 0.286. The highest BCUT2D eigenvalue weighted by Crippen LogP contribution is 2.20. The summed E-state index contributed by atoms with van der Waals surface area (Å²) in [6.45, 7) is -0.620. The van der Waals surface area contributed by atoms with Gasteiger partial charge in [-0.05, 0) is 44.0 Å². The Morgan fingerprint density at radius 1 is 1.00 bits per heavy atom. The number of hydrogen-bond acceptors (Lipinski definition) is 5. The van der Waals surface area contributed by atoms with Crippen LogP contribution in [0.3, 0.4) is 0 Å². The van der Waals surface area contributed by atoms with E-state index in [1.807, 2.05) is 0 Å². The smallest absolute Gasteiger partial charge is 0.218 e. The second-order valence-corrected chi connectivity index (χ2v) is 5.77. The van der Waals surface area contributed by atoms with Gasteiger partial charge in [0, 0.05) is 32.5 Å². The number of alkyl halides is 1. The number of methoxy groups -OCH3 is 2. The topological polar surface area (TPSA) is 64.5 Å². The van der Waals surface area contributed by atoms with Gasteiger partial charge in [-0.3, -0.25) is 0 Å². The van der Waals surface area contributed by atoms with Gasteiger partial charge in [0.15, 0.2) is 0 Å². The van der Waals surface area contributed by atoms with Gasteiger partial charge < -0.3 is 14.6 Å². The van der Waals surface area contributed by atoms with Crippen molar-refractivity contribution >= 4 is 31.9 Å². The number of hydrogen-bond donors (Lipinski definition) is 1. The zero-order chi connectivity index (χ0) is 16.5. The molecule has 1 N–H and O–H groups in total. The highest BCUT2D eigenvalue weighted by atomic mass is 79.9. The van der Waals surface area contributed by atoms with E-state index in [4.69, 9.17) is 14.6 Å². The Kier molecular flexibility index (Phi) is 8.29. The molecule has 0 aliphatic carbocycles. The number of pyridine rings is 2. The van der Waals surface area contributed by atoms with E-state index in [0.29, 0.717) is 22.9 Å². The monoisotopic (exact) mass is 436 g/mol. The van der Waals surface area contributed by atoms with E-state index in [1.165, 1.54) is 14.2 Å². The van der Waals surface area contributed by atoms with Crippen molar-refractivity contribution in [2.24, 2.45) is 0 Å². The van der Waals surface area contributed by atoms with E-state index in [-0.39, 0.29) is 6.61 Å². The fourth-order valence-electron chi connectivity index (χ4n) is 1.51. The Morgan fingerprint density at radius 2 is 1.45 bits per heavy atom. The molecule has 0 aliphatic rings. The maximum absolute atomic E-state index is 12.2. The summed E-state index contributed by atoms with van der Waals surface area (Å²) < 4.78 is 23.5. The third kappa shape index (κ3) is 5.51. The average molecular weight is 438 g/mol. The first-order valence-electron chi connectivity index (χ1n) is 6.09. The molecule has 0 amide bonds. The summed E-state index contributed by atoms with van der Waals surface area (Å²) in [5, 5.41) is 8.83. The predicted molar refractivity (Wildman–Crippen MR) is 87.7 cm³/mol. The molecule has 0 unspecified atom stereocenters. The Hall–Kier alpha value is -1.25. The van der Waals surface area contributed by atoms with Crippen LogP contribution in [0.2, 0.25) is 0 Å². The van der Waals surface area contributed by atoms with Gasteiger partial charge >= 0.3 is 0 Å². The molecule has 2 aromatic rings. The van der Waals surface area contributed by atoms with Crippen LogP contribution in [0.4, 0.5) is 4.39 Å². The lowest BCUT2D eigenvalue weighted by Gasteiger charge is -2.03. The standard InChI is InChI=1S/C7H7BrFNO.C7H8BrNO2/c1-11-7-5(3-9)2-6(8)4-10-7;1-11-7-5(4-10)2-6(8)3-9-7/h2,4H,3H2,1H3;2-3,10H,4H2,1H3. The Balaban J connectivity index is 0.000000220. The lowest BCUT2D eigenvalue weighted by atomic mass is 10.3. The van der Waals surface area contributed by atoms with Crippen LogP contribution >= 0.6 is 31.9 Å². The molecule has 0 spiro atoms. The van der Waals surface area contributed by atoms with E-state index in [9.17, 15) is 4.39 Å². The maximum Gasteiger partial charge on any atom is 0.218 e. The van der Waals surface area contributed by atoms with Crippen LogP contribution in [-0.4, -0.2) is 29.3 Å². The molecule has 2 heterocycles. The lowest BCUT2D eigenvalue weighted by Crippen LogP contribution is -1.94. The van der Waals surface area contributed by atoms with Crippen molar-refractivity contribution in [3.8, 4) is 11.8 Å². The molecule has 0 saturated heterocycles. The summed E-state index contributed by atoms with van der Waals surface area (Å²) in [5.74, 6) is 0.811. The Labute approximate surface area is 144 Å². The van der Waals surface area contributed by atoms with Crippen LogP contribution in [0.25, 0.3) is 0 Å². The molecule has 0 atom stereocenters. The minimum atomic E-state index is -0.560. The Morgan fingerprint density at radius 3 is 1.86 bits per heavy atom.